The first-order valence-electron chi connectivity index (χ1n) is 7.94. The predicted molar refractivity (Wildman–Crippen MR) is 98.9 cm³/mol. The summed E-state index contributed by atoms with van der Waals surface area (Å²) in [6.07, 6.45) is 11.6. The van der Waals surface area contributed by atoms with E-state index in [0.717, 1.165) is 12.8 Å². The Kier molecular flexibility index (Phi) is 7.72. The molecule has 0 saturated heterocycles. The van der Waals surface area contributed by atoms with Crippen LogP contribution in [0.4, 0.5) is 4.79 Å². The molecule has 8 nitrogen and oxygen atoms in total. The fraction of sp³-hybridized carbons (Fsp3) is 0.412. The zero-order chi connectivity index (χ0) is 18.9. The maximum atomic E-state index is 10.4. The Morgan fingerprint density at radius 3 is 2.60 bits per heavy atom. The molecule has 25 heavy (non-hydrogen) atoms. The van der Waals surface area contributed by atoms with Crippen LogP contribution in [0.5, 0.6) is 0 Å². The molecule has 1 fully saturated rings. The fourth-order valence-electron chi connectivity index (χ4n) is 2.63. The Balaban J connectivity index is 2.67. The number of allylic oxidation sites excluding steroid dienone is 4. The number of primary amides is 1. The van der Waals surface area contributed by atoms with Crippen molar-refractivity contribution >= 4 is 6.09 Å². The average Bonchev–Trinajstić information content (AvgIpc) is 2.52. The number of carbonyl (C=O) groups is 1. The van der Waals surface area contributed by atoms with Crippen LogP contribution >= 0.6 is 0 Å². The van der Waals surface area contributed by atoms with Crippen molar-refractivity contribution in [3.05, 3.63) is 52.7 Å². The van der Waals surface area contributed by atoms with Gasteiger partial charge >= 0.3 is 6.09 Å². The molecule has 1 aliphatic carbocycles. The lowest BCUT2D eigenvalue weighted by molar-refractivity contribution is 0.169. The predicted octanol–water partition coefficient (Wildman–Crippen LogP) is 0.624. The van der Waals surface area contributed by atoms with Crippen LogP contribution in [0, 0.1) is 12.5 Å². The maximum absolute atomic E-state index is 10.4. The molecule has 0 bridgehead atoms. The summed E-state index contributed by atoms with van der Waals surface area (Å²) in [5, 5.41) is 0. The van der Waals surface area contributed by atoms with Gasteiger partial charge < -0.3 is 33.4 Å². The summed E-state index contributed by atoms with van der Waals surface area (Å²) in [7, 11) is 0. The second-order valence-electron chi connectivity index (χ2n) is 5.97. The number of rotatable bonds is 6. The number of nitrogens with two attached hydrogens (primary N) is 5. The van der Waals surface area contributed by atoms with Crippen molar-refractivity contribution in [1.82, 2.24) is 0 Å². The summed E-state index contributed by atoms with van der Waals surface area (Å²) in [5.41, 5.74) is 28.8. The Morgan fingerprint density at radius 2 is 1.96 bits per heavy atom. The number of amides is 1. The van der Waals surface area contributed by atoms with Crippen molar-refractivity contribution in [1.29, 1.82) is 0 Å². The van der Waals surface area contributed by atoms with Gasteiger partial charge in [-0.2, -0.15) is 0 Å². The Labute approximate surface area is 147 Å². The minimum Gasteiger partial charge on any atom is -0.445 e. The quantitative estimate of drug-likeness (QED) is 0.349. The van der Waals surface area contributed by atoms with Crippen LogP contribution in [-0.4, -0.2) is 24.4 Å². The molecule has 0 heterocycles. The van der Waals surface area contributed by atoms with Crippen molar-refractivity contribution < 1.29 is 9.53 Å². The van der Waals surface area contributed by atoms with E-state index in [2.05, 4.69) is 9.58 Å². The fourth-order valence-corrected chi connectivity index (χ4v) is 2.63. The standard InChI is InChI=1S/C17H26N6O2/c1-23-15-6-3-10-17(21,22)14(15)8-7-12(18)4-2-5-13(19)9-11-25-16(20)24/h1-2,4-5,7-9,14-15H,3,6,10-11,18-19,21-22H2,(H-,20,24)/p+1/b5-2+,8-7+,12-4-,13-9-. The molecule has 8 heteroatoms. The number of ether oxygens (including phenoxy) is 1. The normalized spacial score (nSPS) is 24.4. The van der Waals surface area contributed by atoms with Gasteiger partial charge in [0.1, 0.15) is 6.61 Å². The van der Waals surface area contributed by atoms with Crippen LogP contribution in [0.3, 0.4) is 0 Å². The van der Waals surface area contributed by atoms with Crippen molar-refractivity contribution in [2.24, 2.45) is 34.6 Å². The Hall–Kier alpha value is -2.76. The lowest BCUT2D eigenvalue weighted by atomic mass is 9.76. The first-order chi connectivity index (χ1) is 11.8. The van der Waals surface area contributed by atoms with Gasteiger partial charge in [0.05, 0.1) is 11.6 Å². The molecule has 0 aromatic rings. The molecule has 10 N–H and O–H groups in total. The minimum atomic E-state index is -0.858. The SMILES string of the molecule is C#[N+]C1CCCC(N)(N)C1/C=C/C(N)=C/C=C/C(N)=C/COC(N)=O. The number of hydrogen-bond acceptors (Lipinski definition) is 6. The van der Waals surface area contributed by atoms with Crippen LogP contribution in [0.1, 0.15) is 19.3 Å². The van der Waals surface area contributed by atoms with E-state index in [9.17, 15) is 4.79 Å². The van der Waals surface area contributed by atoms with Gasteiger partial charge in [0.15, 0.2) is 0 Å². The van der Waals surface area contributed by atoms with Crippen LogP contribution in [0.15, 0.2) is 47.9 Å². The van der Waals surface area contributed by atoms with Crippen molar-refractivity contribution in [2.45, 2.75) is 31.0 Å². The third kappa shape index (κ3) is 7.12. The number of hydrogen-bond donors (Lipinski definition) is 5. The molecule has 0 aromatic heterocycles. The van der Waals surface area contributed by atoms with Gasteiger partial charge in [0.2, 0.25) is 0 Å². The van der Waals surface area contributed by atoms with Crippen molar-refractivity contribution in [2.75, 3.05) is 6.61 Å². The van der Waals surface area contributed by atoms with Crippen LogP contribution in [-0.2, 0) is 4.74 Å². The van der Waals surface area contributed by atoms with Gasteiger partial charge in [-0.3, -0.25) is 0 Å². The van der Waals surface area contributed by atoms with E-state index in [4.69, 9.17) is 35.2 Å². The minimum absolute atomic E-state index is 0.00530. The molecule has 1 aliphatic rings. The van der Waals surface area contributed by atoms with E-state index in [-0.39, 0.29) is 18.6 Å². The second-order valence-corrected chi connectivity index (χ2v) is 5.97. The summed E-state index contributed by atoms with van der Waals surface area (Å²) in [6.45, 7) is 5.46. The van der Waals surface area contributed by atoms with E-state index in [1.807, 2.05) is 6.08 Å². The topological polar surface area (TPSA) is 161 Å². The number of nitrogens with zero attached hydrogens (tertiary/aromatic N) is 1. The average molecular weight is 347 g/mol. The maximum Gasteiger partial charge on any atom is 0.404 e. The van der Waals surface area contributed by atoms with Gasteiger partial charge in [-0.15, -0.1) is 0 Å². The van der Waals surface area contributed by atoms with Crippen molar-refractivity contribution in [3.63, 3.8) is 0 Å². The molecular weight excluding hydrogens is 320 g/mol. The van der Waals surface area contributed by atoms with E-state index >= 15 is 0 Å². The zero-order valence-corrected chi connectivity index (χ0v) is 14.2. The van der Waals surface area contributed by atoms with Gasteiger partial charge in [-0.1, -0.05) is 17.0 Å². The van der Waals surface area contributed by atoms with Crippen LogP contribution < -0.4 is 28.7 Å². The molecule has 0 aliphatic heterocycles. The largest absolute Gasteiger partial charge is 0.445 e. The van der Waals surface area contributed by atoms with Gasteiger partial charge in [-0.05, 0) is 37.1 Å². The Morgan fingerprint density at radius 1 is 1.24 bits per heavy atom. The summed E-state index contributed by atoms with van der Waals surface area (Å²) < 4.78 is 4.54. The first-order valence-corrected chi connectivity index (χ1v) is 7.94. The van der Waals surface area contributed by atoms with Gasteiger partial charge in [-0.25, -0.2) is 4.79 Å². The highest BCUT2D eigenvalue weighted by Gasteiger charge is 2.44. The molecule has 1 rings (SSSR count). The smallest absolute Gasteiger partial charge is 0.404 e. The lowest BCUT2D eigenvalue weighted by Gasteiger charge is -2.35. The molecule has 2 unspecified atom stereocenters. The zero-order valence-electron chi connectivity index (χ0n) is 14.2. The highest BCUT2D eigenvalue weighted by Crippen LogP contribution is 2.32. The summed E-state index contributed by atoms with van der Waals surface area (Å²) >= 11 is 0. The van der Waals surface area contributed by atoms with E-state index in [1.54, 1.807) is 24.3 Å². The Bertz CT molecular complexity index is 628. The highest BCUT2D eigenvalue weighted by atomic mass is 16.5. The molecular formula is C17H27N6O2+. The van der Waals surface area contributed by atoms with Gasteiger partial charge in [0, 0.05) is 17.8 Å². The molecule has 136 valence electrons. The second kappa shape index (κ2) is 9.52. The molecule has 0 spiro atoms. The number of carbonyl (C=O) groups excluding carboxylic acids is 1. The monoisotopic (exact) mass is 347 g/mol. The summed E-state index contributed by atoms with van der Waals surface area (Å²) in [5.74, 6) is -0.182. The van der Waals surface area contributed by atoms with Gasteiger partial charge in [0.25, 0.3) is 12.6 Å². The molecule has 2 atom stereocenters. The summed E-state index contributed by atoms with van der Waals surface area (Å²) in [4.78, 5) is 14.3. The first kappa shape index (κ1) is 20.3. The summed E-state index contributed by atoms with van der Waals surface area (Å²) in [6, 6.07) is -0.118. The van der Waals surface area contributed by atoms with E-state index in [0.29, 0.717) is 17.8 Å². The molecule has 1 amide bonds. The van der Waals surface area contributed by atoms with Crippen LogP contribution in [0.2, 0.25) is 0 Å². The van der Waals surface area contributed by atoms with Crippen LogP contribution in [0.25, 0.3) is 4.85 Å². The molecule has 0 radical (unpaired) electrons. The van der Waals surface area contributed by atoms with Crippen molar-refractivity contribution in [3.8, 4) is 6.57 Å². The molecule has 1 saturated carbocycles. The third-order valence-electron chi connectivity index (χ3n) is 3.95. The van der Waals surface area contributed by atoms with E-state index < -0.39 is 11.8 Å². The molecule has 0 aromatic carbocycles. The van der Waals surface area contributed by atoms with E-state index in [1.165, 1.54) is 6.08 Å². The lowest BCUT2D eigenvalue weighted by Crippen LogP contribution is -2.59. The third-order valence-corrected chi connectivity index (χ3v) is 3.95. The highest BCUT2D eigenvalue weighted by molar-refractivity contribution is 5.64.